The van der Waals surface area contributed by atoms with Crippen molar-refractivity contribution in [2.24, 2.45) is 0 Å². The first-order chi connectivity index (χ1) is 7.00. The zero-order chi connectivity index (χ0) is 11.4. The smallest absolute Gasteiger partial charge is 0.205 e. The van der Waals surface area contributed by atoms with Gasteiger partial charge in [0.1, 0.15) is 0 Å². The molecule has 0 aliphatic heterocycles. The topological polar surface area (TPSA) is 51.2 Å². The van der Waals surface area contributed by atoms with Gasteiger partial charge in [-0.05, 0) is 6.92 Å². The van der Waals surface area contributed by atoms with Gasteiger partial charge in [0.05, 0.1) is 6.42 Å². The van der Waals surface area contributed by atoms with Crippen molar-refractivity contribution in [2.45, 2.75) is 20.3 Å². The van der Waals surface area contributed by atoms with Crippen LogP contribution in [-0.2, 0) is 9.59 Å². The summed E-state index contributed by atoms with van der Waals surface area (Å²) in [5.74, 6) is -1.52. The lowest BCUT2D eigenvalue weighted by Crippen LogP contribution is -2.14. The number of carbonyl (C=O) groups excluding carboxylic acids is 3. The Kier molecular flexibility index (Phi) is 3.50. The summed E-state index contributed by atoms with van der Waals surface area (Å²) in [5.41, 5.74) is 1.51. The molecule has 0 heterocycles. The lowest BCUT2D eigenvalue weighted by atomic mass is 10.0. The first-order valence-corrected chi connectivity index (χ1v) is 4.64. The number of benzene rings is 1. The summed E-state index contributed by atoms with van der Waals surface area (Å²) in [6.07, 6.45) is -0.335. The fourth-order valence-corrected chi connectivity index (χ4v) is 1.11. The molecule has 0 amide bonds. The Hall–Kier alpha value is -1.77. The van der Waals surface area contributed by atoms with E-state index in [1.807, 2.05) is 6.92 Å². The zero-order valence-corrected chi connectivity index (χ0v) is 8.74. The van der Waals surface area contributed by atoms with Crippen LogP contribution in [-0.4, -0.2) is 17.3 Å². The second-order valence-electron chi connectivity index (χ2n) is 3.45. The number of ketones is 3. The first kappa shape index (κ1) is 11.3. The van der Waals surface area contributed by atoms with Gasteiger partial charge in [0.15, 0.2) is 11.6 Å². The molecule has 3 heteroatoms. The molecule has 0 aliphatic carbocycles. The minimum atomic E-state index is -0.638. The molecule has 3 nitrogen and oxygen atoms in total. The summed E-state index contributed by atoms with van der Waals surface area (Å²) >= 11 is 0. The van der Waals surface area contributed by atoms with Crippen molar-refractivity contribution in [3.05, 3.63) is 35.4 Å². The van der Waals surface area contributed by atoms with Crippen LogP contribution < -0.4 is 0 Å². The number of Topliss-reactive ketones (excluding diaryl/α,β-unsaturated/α-hetero) is 3. The van der Waals surface area contributed by atoms with E-state index in [9.17, 15) is 14.4 Å². The van der Waals surface area contributed by atoms with E-state index in [-0.39, 0.29) is 12.2 Å². The highest BCUT2D eigenvalue weighted by Crippen LogP contribution is 2.06. The van der Waals surface area contributed by atoms with E-state index in [1.165, 1.54) is 6.92 Å². The van der Waals surface area contributed by atoms with Crippen LogP contribution in [0.2, 0.25) is 0 Å². The van der Waals surface area contributed by atoms with Crippen molar-refractivity contribution in [3.8, 4) is 0 Å². The van der Waals surface area contributed by atoms with Gasteiger partial charge in [-0.2, -0.15) is 0 Å². The standard InChI is InChI=1S/C12H12O3/c1-8-3-5-10(6-4-8)12(15)7-11(14)9(2)13/h3-6H,7H2,1-2H3. The van der Waals surface area contributed by atoms with Crippen molar-refractivity contribution < 1.29 is 14.4 Å². The molecule has 1 aromatic rings. The van der Waals surface area contributed by atoms with E-state index in [4.69, 9.17) is 0 Å². The van der Waals surface area contributed by atoms with Crippen LogP contribution in [0, 0.1) is 6.92 Å². The Labute approximate surface area is 88.1 Å². The van der Waals surface area contributed by atoms with E-state index >= 15 is 0 Å². The number of hydrogen-bond donors (Lipinski definition) is 0. The Morgan fingerprint density at radius 2 is 1.60 bits per heavy atom. The minimum Gasteiger partial charge on any atom is -0.294 e. The summed E-state index contributed by atoms with van der Waals surface area (Å²) in [6, 6.07) is 6.91. The van der Waals surface area contributed by atoms with Crippen LogP contribution in [0.25, 0.3) is 0 Å². The molecule has 0 aromatic heterocycles. The normalized spacial score (nSPS) is 9.73. The molecule has 0 unspecified atom stereocenters. The average molecular weight is 204 g/mol. The average Bonchev–Trinajstić information content (AvgIpc) is 2.18. The Morgan fingerprint density at radius 3 is 2.07 bits per heavy atom. The quantitative estimate of drug-likeness (QED) is 0.426. The van der Waals surface area contributed by atoms with Crippen LogP contribution in [0.3, 0.4) is 0 Å². The molecule has 0 spiro atoms. The van der Waals surface area contributed by atoms with E-state index in [0.717, 1.165) is 5.56 Å². The van der Waals surface area contributed by atoms with Gasteiger partial charge < -0.3 is 0 Å². The molecule has 0 radical (unpaired) electrons. The van der Waals surface area contributed by atoms with Crippen molar-refractivity contribution in [3.63, 3.8) is 0 Å². The molecule has 0 saturated heterocycles. The van der Waals surface area contributed by atoms with Gasteiger partial charge in [0, 0.05) is 12.5 Å². The minimum absolute atomic E-state index is 0.310. The number of rotatable bonds is 4. The lowest BCUT2D eigenvalue weighted by Gasteiger charge is -1.99. The predicted octanol–water partition coefficient (Wildman–Crippen LogP) is 1.73. The highest BCUT2D eigenvalue weighted by molar-refractivity contribution is 6.40. The molecule has 1 rings (SSSR count). The molecule has 0 aliphatic rings. The Morgan fingerprint density at radius 1 is 1.07 bits per heavy atom. The monoisotopic (exact) mass is 204 g/mol. The van der Waals surface area contributed by atoms with Gasteiger partial charge in [-0.15, -0.1) is 0 Å². The molecule has 0 bridgehead atoms. The molecule has 0 saturated carbocycles. The second-order valence-corrected chi connectivity index (χ2v) is 3.45. The number of hydrogen-bond acceptors (Lipinski definition) is 3. The fourth-order valence-electron chi connectivity index (χ4n) is 1.11. The molecular weight excluding hydrogens is 192 g/mol. The van der Waals surface area contributed by atoms with Crippen LogP contribution in [0.1, 0.15) is 29.3 Å². The van der Waals surface area contributed by atoms with Crippen molar-refractivity contribution in [2.75, 3.05) is 0 Å². The highest BCUT2D eigenvalue weighted by atomic mass is 16.2. The summed E-state index contributed by atoms with van der Waals surface area (Å²) in [6.45, 7) is 3.08. The van der Waals surface area contributed by atoms with E-state index in [2.05, 4.69) is 0 Å². The van der Waals surface area contributed by atoms with E-state index in [1.54, 1.807) is 24.3 Å². The summed E-state index contributed by atoms with van der Waals surface area (Å²) in [7, 11) is 0. The second kappa shape index (κ2) is 4.64. The van der Waals surface area contributed by atoms with Gasteiger partial charge in [-0.1, -0.05) is 29.8 Å². The van der Waals surface area contributed by atoms with Crippen LogP contribution in [0.5, 0.6) is 0 Å². The van der Waals surface area contributed by atoms with E-state index < -0.39 is 11.6 Å². The third-order valence-corrected chi connectivity index (χ3v) is 2.09. The molecule has 1 aromatic carbocycles. The van der Waals surface area contributed by atoms with Gasteiger partial charge >= 0.3 is 0 Å². The number of carbonyl (C=O) groups is 3. The summed E-state index contributed by atoms with van der Waals surface area (Å²) in [5, 5.41) is 0. The molecule has 15 heavy (non-hydrogen) atoms. The van der Waals surface area contributed by atoms with Gasteiger partial charge in [0.2, 0.25) is 5.78 Å². The molecular formula is C12H12O3. The summed E-state index contributed by atoms with van der Waals surface area (Å²) < 4.78 is 0. The SMILES string of the molecule is CC(=O)C(=O)CC(=O)c1ccc(C)cc1. The third kappa shape index (κ3) is 3.13. The van der Waals surface area contributed by atoms with Crippen molar-refractivity contribution in [1.29, 1.82) is 0 Å². The van der Waals surface area contributed by atoms with Crippen LogP contribution in [0.4, 0.5) is 0 Å². The van der Waals surface area contributed by atoms with Gasteiger partial charge in [-0.25, -0.2) is 0 Å². The third-order valence-electron chi connectivity index (χ3n) is 2.09. The molecule has 0 atom stereocenters. The largest absolute Gasteiger partial charge is 0.294 e. The van der Waals surface area contributed by atoms with Crippen molar-refractivity contribution in [1.82, 2.24) is 0 Å². The maximum absolute atomic E-state index is 11.5. The highest BCUT2D eigenvalue weighted by Gasteiger charge is 2.14. The zero-order valence-electron chi connectivity index (χ0n) is 8.74. The molecule has 78 valence electrons. The number of aryl methyl sites for hydroxylation is 1. The molecule has 0 N–H and O–H groups in total. The maximum atomic E-state index is 11.5. The van der Waals surface area contributed by atoms with Crippen LogP contribution in [0.15, 0.2) is 24.3 Å². The van der Waals surface area contributed by atoms with Gasteiger partial charge in [0.25, 0.3) is 0 Å². The maximum Gasteiger partial charge on any atom is 0.205 e. The predicted molar refractivity (Wildman–Crippen MR) is 55.8 cm³/mol. The Balaban J connectivity index is 2.74. The Bertz CT molecular complexity index is 401. The molecule has 0 fully saturated rings. The summed E-state index contributed by atoms with van der Waals surface area (Å²) in [4.78, 5) is 33.2. The first-order valence-electron chi connectivity index (χ1n) is 4.64. The van der Waals surface area contributed by atoms with E-state index in [0.29, 0.717) is 5.56 Å². The van der Waals surface area contributed by atoms with Crippen LogP contribution >= 0.6 is 0 Å². The lowest BCUT2D eigenvalue weighted by molar-refractivity contribution is -0.134. The fraction of sp³-hybridized carbons (Fsp3) is 0.250. The van der Waals surface area contributed by atoms with Gasteiger partial charge in [-0.3, -0.25) is 14.4 Å². The van der Waals surface area contributed by atoms with Crippen molar-refractivity contribution >= 4 is 17.3 Å².